The van der Waals surface area contributed by atoms with Gasteiger partial charge in [-0.2, -0.15) is 0 Å². The van der Waals surface area contributed by atoms with E-state index >= 15 is 0 Å². The topological polar surface area (TPSA) is 42.6 Å². The Morgan fingerprint density at radius 3 is 2.84 bits per heavy atom. The Morgan fingerprint density at radius 2 is 2.11 bits per heavy atom. The third-order valence-electron chi connectivity index (χ3n) is 3.46. The molecule has 19 heavy (non-hydrogen) atoms. The maximum atomic E-state index is 10.4. The molecule has 2 heterocycles. The van der Waals surface area contributed by atoms with Crippen LogP contribution in [0.15, 0.2) is 41.0 Å². The number of para-hydroxylation sites is 1. The first-order valence-corrected chi connectivity index (χ1v) is 6.56. The van der Waals surface area contributed by atoms with Crippen LogP contribution >= 0.6 is 0 Å². The third kappa shape index (κ3) is 2.38. The van der Waals surface area contributed by atoms with Crippen LogP contribution in [0.2, 0.25) is 0 Å². The van der Waals surface area contributed by atoms with Crippen LogP contribution in [0.25, 0.3) is 0 Å². The molecule has 1 atom stereocenters. The van der Waals surface area contributed by atoms with Gasteiger partial charge >= 0.3 is 0 Å². The van der Waals surface area contributed by atoms with Gasteiger partial charge in [0.2, 0.25) is 0 Å². The lowest BCUT2D eigenvalue weighted by Crippen LogP contribution is -2.25. The van der Waals surface area contributed by atoms with Crippen LogP contribution in [-0.2, 0) is 12.8 Å². The van der Waals surface area contributed by atoms with Crippen molar-refractivity contribution in [1.29, 1.82) is 0 Å². The smallest absolute Gasteiger partial charge is 0.129 e. The molecule has 0 aliphatic carbocycles. The zero-order valence-corrected chi connectivity index (χ0v) is 11.2. The van der Waals surface area contributed by atoms with Gasteiger partial charge in [0, 0.05) is 18.4 Å². The molecule has 0 radical (unpaired) electrons. The first-order valence-electron chi connectivity index (χ1n) is 6.56. The number of benzene rings is 1. The molecule has 0 saturated carbocycles. The van der Waals surface area contributed by atoms with E-state index in [1.807, 2.05) is 24.3 Å². The number of ether oxygens (including phenoxy) is 1. The Morgan fingerprint density at radius 1 is 1.26 bits per heavy atom. The fourth-order valence-electron chi connectivity index (χ4n) is 2.63. The zero-order chi connectivity index (χ0) is 13.5. The molecule has 1 unspecified atom stereocenters. The summed E-state index contributed by atoms with van der Waals surface area (Å²) in [5.41, 5.74) is 1.82. The van der Waals surface area contributed by atoms with Gasteiger partial charge in [-0.3, -0.25) is 0 Å². The van der Waals surface area contributed by atoms with Crippen molar-refractivity contribution in [2.45, 2.75) is 38.4 Å². The summed E-state index contributed by atoms with van der Waals surface area (Å²) >= 11 is 0. The van der Waals surface area contributed by atoms with Crippen LogP contribution < -0.4 is 4.74 Å². The van der Waals surface area contributed by atoms with Crippen LogP contribution in [0.5, 0.6) is 5.75 Å². The van der Waals surface area contributed by atoms with E-state index in [9.17, 15) is 5.11 Å². The Bertz CT molecular complexity index is 570. The number of rotatable bonds is 3. The molecule has 100 valence electrons. The molecule has 1 aromatic carbocycles. The van der Waals surface area contributed by atoms with E-state index in [1.165, 1.54) is 5.56 Å². The highest BCUT2D eigenvalue weighted by Crippen LogP contribution is 2.40. The van der Waals surface area contributed by atoms with Crippen molar-refractivity contribution in [2.75, 3.05) is 0 Å². The molecule has 0 saturated heterocycles. The Hall–Kier alpha value is -1.74. The van der Waals surface area contributed by atoms with E-state index in [1.54, 1.807) is 6.26 Å². The van der Waals surface area contributed by atoms with Crippen molar-refractivity contribution >= 4 is 0 Å². The molecule has 3 nitrogen and oxygen atoms in total. The summed E-state index contributed by atoms with van der Waals surface area (Å²) in [6.45, 7) is 4.13. The molecule has 0 amide bonds. The summed E-state index contributed by atoms with van der Waals surface area (Å²) < 4.78 is 11.3. The summed E-state index contributed by atoms with van der Waals surface area (Å²) in [6.07, 6.45) is 2.36. The van der Waals surface area contributed by atoms with Gasteiger partial charge in [0.15, 0.2) is 0 Å². The predicted octanol–water partition coefficient (Wildman–Crippen LogP) is 3.27. The SMILES string of the molecule is CC1(C)Cc2cccc(C(O)Cc3ccco3)c2O1. The van der Waals surface area contributed by atoms with E-state index < -0.39 is 6.10 Å². The highest BCUT2D eigenvalue weighted by molar-refractivity contribution is 5.47. The van der Waals surface area contributed by atoms with E-state index in [0.29, 0.717) is 6.42 Å². The van der Waals surface area contributed by atoms with Gasteiger partial charge in [-0.25, -0.2) is 0 Å². The largest absolute Gasteiger partial charge is 0.487 e. The van der Waals surface area contributed by atoms with Crippen LogP contribution in [0.4, 0.5) is 0 Å². The van der Waals surface area contributed by atoms with Crippen molar-refractivity contribution in [3.8, 4) is 5.75 Å². The number of fused-ring (bicyclic) bond motifs is 1. The second kappa shape index (κ2) is 4.42. The number of furan rings is 1. The van der Waals surface area contributed by atoms with Crippen molar-refractivity contribution in [3.63, 3.8) is 0 Å². The normalized spacial score (nSPS) is 17.8. The number of aliphatic hydroxyl groups is 1. The standard InChI is InChI=1S/C16H18O3/c1-16(2)10-11-5-3-7-13(15(11)19-16)14(17)9-12-6-4-8-18-12/h3-8,14,17H,9-10H2,1-2H3. The van der Waals surface area contributed by atoms with Crippen molar-refractivity contribution in [2.24, 2.45) is 0 Å². The summed E-state index contributed by atoms with van der Waals surface area (Å²) in [5.74, 6) is 1.62. The highest BCUT2D eigenvalue weighted by Gasteiger charge is 2.33. The second-order valence-corrected chi connectivity index (χ2v) is 5.67. The van der Waals surface area contributed by atoms with Crippen LogP contribution in [-0.4, -0.2) is 10.7 Å². The highest BCUT2D eigenvalue weighted by atomic mass is 16.5. The quantitative estimate of drug-likeness (QED) is 0.918. The van der Waals surface area contributed by atoms with Gasteiger partial charge in [0.05, 0.1) is 12.4 Å². The predicted molar refractivity (Wildman–Crippen MR) is 72.2 cm³/mol. The van der Waals surface area contributed by atoms with Crippen molar-refractivity contribution in [1.82, 2.24) is 0 Å². The van der Waals surface area contributed by atoms with E-state index in [0.717, 1.165) is 23.5 Å². The van der Waals surface area contributed by atoms with Gasteiger partial charge in [-0.1, -0.05) is 18.2 Å². The fourth-order valence-corrected chi connectivity index (χ4v) is 2.63. The number of hydrogen-bond donors (Lipinski definition) is 1. The number of aliphatic hydroxyl groups excluding tert-OH is 1. The zero-order valence-electron chi connectivity index (χ0n) is 11.2. The first-order chi connectivity index (χ1) is 9.05. The van der Waals surface area contributed by atoms with Gasteiger partial charge < -0.3 is 14.3 Å². The first kappa shape index (κ1) is 12.3. The molecule has 0 bridgehead atoms. The average molecular weight is 258 g/mol. The van der Waals surface area contributed by atoms with E-state index in [4.69, 9.17) is 9.15 Å². The Balaban J connectivity index is 1.88. The van der Waals surface area contributed by atoms with Gasteiger partial charge in [0.1, 0.15) is 17.1 Å². The molecule has 3 heteroatoms. The molecular weight excluding hydrogens is 240 g/mol. The van der Waals surface area contributed by atoms with Crippen LogP contribution in [0.3, 0.4) is 0 Å². The minimum Gasteiger partial charge on any atom is -0.487 e. The van der Waals surface area contributed by atoms with Crippen molar-refractivity contribution < 1.29 is 14.3 Å². The molecule has 0 spiro atoms. The summed E-state index contributed by atoms with van der Waals surface area (Å²) in [5, 5.41) is 10.4. The molecule has 1 N–H and O–H groups in total. The average Bonchev–Trinajstić information content (AvgIpc) is 2.93. The van der Waals surface area contributed by atoms with Gasteiger partial charge in [-0.15, -0.1) is 0 Å². The van der Waals surface area contributed by atoms with E-state index in [-0.39, 0.29) is 5.60 Å². The number of hydrogen-bond acceptors (Lipinski definition) is 3. The van der Waals surface area contributed by atoms with Crippen LogP contribution in [0.1, 0.15) is 36.8 Å². The van der Waals surface area contributed by atoms with E-state index in [2.05, 4.69) is 19.9 Å². The van der Waals surface area contributed by atoms with Gasteiger partial charge in [-0.05, 0) is 31.5 Å². The fraction of sp³-hybridized carbons (Fsp3) is 0.375. The molecule has 1 aromatic heterocycles. The Kier molecular flexibility index (Phi) is 2.86. The van der Waals surface area contributed by atoms with Crippen molar-refractivity contribution in [3.05, 3.63) is 53.5 Å². The molecule has 0 fully saturated rings. The maximum Gasteiger partial charge on any atom is 0.129 e. The molecule has 1 aliphatic heterocycles. The molecule has 1 aliphatic rings. The second-order valence-electron chi connectivity index (χ2n) is 5.67. The minimum atomic E-state index is -0.602. The monoisotopic (exact) mass is 258 g/mol. The molecule has 2 aromatic rings. The maximum absolute atomic E-state index is 10.4. The Labute approximate surface area is 112 Å². The lowest BCUT2D eigenvalue weighted by molar-refractivity contribution is 0.125. The minimum absolute atomic E-state index is 0.192. The molecule has 3 rings (SSSR count). The lowest BCUT2D eigenvalue weighted by atomic mass is 9.98. The molecular formula is C16H18O3. The van der Waals surface area contributed by atoms with Crippen LogP contribution in [0, 0.1) is 0 Å². The summed E-state index contributed by atoms with van der Waals surface area (Å²) in [6, 6.07) is 9.67. The summed E-state index contributed by atoms with van der Waals surface area (Å²) in [4.78, 5) is 0. The van der Waals surface area contributed by atoms with Gasteiger partial charge in [0.25, 0.3) is 0 Å². The lowest BCUT2D eigenvalue weighted by Gasteiger charge is -2.19. The third-order valence-corrected chi connectivity index (χ3v) is 3.46. The summed E-state index contributed by atoms with van der Waals surface area (Å²) in [7, 11) is 0.